The zero-order valence-electron chi connectivity index (χ0n) is 22.8. The fraction of sp³-hybridized carbons (Fsp3) is 0.448. The molecule has 2 aromatic heterocycles. The molecule has 3 heterocycles. The summed E-state index contributed by atoms with van der Waals surface area (Å²) in [6, 6.07) is 12.5. The Morgan fingerprint density at radius 1 is 1.13 bits per heavy atom. The van der Waals surface area contributed by atoms with E-state index >= 15 is 0 Å². The number of ether oxygens (including phenoxy) is 1. The number of rotatable bonds is 9. The predicted molar refractivity (Wildman–Crippen MR) is 147 cm³/mol. The summed E-state index contributed by atoms with van der Waals surface area (Å²) >= 11 is 0. The lowest BCUT2D eigenvalue weighted by atomic mass is 9.93. The number of hydrogen-bond donors (Lipinski definition) is 2. The van der Waals surface area contributed by atoms with Gasteiger partial charge >= 0.3 is 6.03 Å². The lowest BCUT2D eigenvalue weighted by molar-refractivity contribution is 0.0988. The molecule has 3 aromatic rings. The summed E-state index contributed by atoms with van der Waals surface area (Å²) in [4.78, 5) is 31.8. The van der Waals surface area contributed by atoms with Gasteiger partial charge in [0.2, 0.25) is 0 Å². The maximum Gasteiger partial charge on any atom is 0.324 e. The Labute approximate surface area is 223 Å². The van der Waals surface area contributed by atoms with E-state index in [2.05, 4.69) is 39.5 Å². The van der Waals surface area contributed by atoms with Crippen molar-refractivity contribution in [1.82, 2.24) is 15.0 Å². The first-order valence-corrected chi connectivity index (χ1v) is 13.1. The number of anilines is 2. The molecule has 0 bridgehead atoms. The topological polar surface area (TPSA) is 110 Å². The van der Waals surface area contributed by atoms with Crippen LogP contribution in [0.15, 0.2) is 53.2 Å². The minimum Gasteiger partial charge on any atom is -0.492 e. The molecule has 1 fully saturated rings. The van der Waals surface area contributed by atoms with Crippen LogP contribution in [0, 0.1) is 5.92 Å². The van der Waals surface area contributed by atoms with Crippen molar-refractivity contribution < 1.29 is 18.8 Å². The number of hydrogen-bond acceptors (Lipinski definition) is 7. The highest BCUT2D eigenvalue weighted by atomic mass is 16.5. The summed E-state index contributed by atoms with van der Waals surface area (Å²) in [5, 5.41) is 9.29. The smallest absolute Gasteiger partial charge is 0.324 e. The number of nitrogens with zero attached hydrogens (tertiary/aromatic N) is 3. The number of aromatic nitrogens is 2. The van der Waals surface area contributed by atoms with Gasteiger partial charge in [0.1, 0.15) is 17.2 Å². The summed E-state index contributed by atoms with van der Waals surface area (Å²) in [5.41, 5.74) is 1.61. The summed E-state index contributed by atoms with van der Waals surface area (Å²) in [6.45, 7) is 13.3. The maximum absolute atomic E-state index is 12.7. The molecule has 202 valence electrons. The van der Waals surface area contributed by atoms with Crippen molar-refractivity contribution in [2.45, 2.75) is 58.9 Å². The Morgan fingerprint density at radius 3 is 2.50 bits per heavy atom. The van der Waals surface area contributed by atoms with E-state index in [9.17, 15) is 9.59 Å². The number of carbonyl (C=O) groups excluding carboxylic acids is 2. The van der Waals surface area contributed by atoms with Crippen molar-refractivity contribution in [3.63, 3.8) is 0 Å². The summed E-state index contributed by atoms with van der Waals surface area (Å²) in [6.07, 6.45) is 2.97. The summed E-state index contributed by atoms with van der Waals surface area (Å²) < 4.78 is 11.2. The van der Waals surface area contributed by atoms with Gasteiger partial charge in [-0.15, -0.1) is 0 Å². The lowest BCUT2D eigenvalue weighted by Crippen LogP contribution is -2.29. The standard InChI is InChI=1S/C29H37N5O4/c1-19(2)34-13-12-21(17-34)18-37-23-10-11-24(30-16-23)25(35)14-20-6-8-22(9-7-20)31-28(36)32-27-15-26(38-33-27)29(3,4)5/h6-11,15-16,19,21H,12-14,17-18H2,1-5H3,(H2,31,32,33,36)/t21-/m1/s1. The summed E-state index contributed by atoms with van der Waals surface area (Å²) in [7, 11) is 0. The van der Waals surface area contributed by atoms with Crippen LogP contribution in [0.3, 0.4) is 0 Å². The van der Waals surface area contributed by atoms with Crippen LogP contribution >= 0.6 is 0 Å². The van der Waals surface area contributed by atoms with Crippen LogP contribution in [-0.2, 0) is 11.8 Å². The number of ketones is 1. The van der Waals surface area contributed by atoms with Gasteiger partial charge in [0, 0.05) is 42.1 Å². The Hall–Kier alpha value is -3.72. The first-order valence-electron chi connectivity index (χ1n) is 13.1. The van der Waals surface area contributed by atoms with E-state index < -0.39 is 6.03 Å². The number of nitrogens with one attached hydrogen (secondary N) is 2. The molecule has 0 aliphatic carbocycles. The Morgan fingerprint density at radius 2 is 1.89 bits per heavy atom. The third-order valence-corrected chi connectivity index (χ3v) is 6.62. The van der Waals surface area contributed by atoms with Crippen molar-refractivity contribution in [3.8, 4) is 5.75 Å². The SMILES string of the molecule is CC(C)N1CC[C@@H](COc2ccc(C(=O)Cc3ccc(NC(=O)Nc4cc(C(C)(C)C)on4)cc3)nc2)C1. The van der Waals surface area contributed by atoms with Crippen molar-refractivity contribution in [3.05, 3.63) is 65.7 Å². The number of Topliss-reactive ketones (excluding diaryl/α,β-unsaturated/α-hetero) is 1. The minimum atomic E-state index is -0.431. The summed E-state index contributed by atoms with van der Waals surface area (Å²) in [5.74, 6) is 2.14. The average Bonchev–Trinajstić information content (AvgIpc) is 3.54. The van der Waals surface area contributed by atoms with Crippen LogP contribution in [0.5, 0.6) is 5.75 Å². The van der Waals surface area contributed by atoms with Gasteiger partial charge < -0.3 is 19.5 Å². The van der Waals surface area contributed by atoms with Gasteiger partial charge in [-0.1, -0.05) is 38.1 Å². The fourth-order valence-corrected chi connectivity index (χ4v) is 4.26. The van der Waals surface area contributed by atoms with Gasteiger partial charge in [0.25, 0.3) is 0 Å². The van der Waals surface area contributed by atoms with Gasteiger partial charge in [-0.3, -0.25) is 10.1 Å². The molecule has 0 radical (unpaired) electrons. The van der Waals surface area contributed by atoms with Crippen LogP contribution in [0.25, 0.3) is 0 Å². The zero-order valence-corrected chi connectivity index (χ0v) is 22.8. The van der Waals surface area contributed by atoms with Crippen molar-refractivity contribution in [2.24, 2.45) is 5.92 Å². The normalized spacial score (nSPS) is 16.0. The third-order valence-electron chi connectivity index (χ3n) is 6.62. The monoisotopic (exact) mass is 519 g/mol. The van der Waals surface area contributed by atoms with Gasteiger partial charge in [0.15, 0.2) is 11.6 Å². The van der Waals surface area contributed by atoms with Crippen LogP contribution in [0.2, 0.25) is 0 Å². The molecule has 1 aliphatic rings. The molecule has 9 nitrogen and oxygen atoms in total. The van der Waals surface area contributed by atoms with Gasteiger partial charge in [-0.05, 0) is 56.6 Å². The molecule has 1 saturated heterocycles. The molecule has 9 heteroatoms. The molecule has 38 heavy (non-hydrogen) atoms. The van der Waals surface area contributed by atoms with Gasteiger partial charge in [0.05, 0.1) is 12.8 Å². The average molecular weight is 520 g/mol. The Bertz CT molecular complexity index is 1230. The molecule has 2 amide bonds. The minimum absolute atomic E-state index is 0.0842. The van der Waals surface area contributed by atoms with Gasteiger partial charge in [-0.2, -0.15) is 0 Å². The van der Waals surface area contributed by atoms with Crippen LogP contribution in [0.4, 0.5) is 16.3 Å². The highest BCUT2D eigenvalue weighted by Gasteiger charge is 2.24. The number of amides is 2. The molecule has 1 aromatic carbocycles. The van der Waals surface area contributed by atoms with Crippen LogP contribution in [0.1, 0.15) is 62.9 Å². The van der Waals surface area contributed by atoms with E-state index in [0.29, 0.717) is 47.3 Å². The van der Waals surface area contributed by atoms with E-state index in [1.165, 1.54) is 0 Å². The Kier molecular flexibility index (Phi) is 8.46. The van der Waals surface area contributed by atoms with E-state index in [4.69, 9.17) is 9.26 Å². The quantitative estimate of drug-likeness (QED) is 0.357. The van der Waals surface area contributed by atoms with Crippen LogP contribution in [-0.4, -0.2) is 52.6 Å². The number of urea groups is 1. The van der Waals surface area contributed by atoms with Crippen molar-refractivity contribution in [1.29, 1.82) is 0 Å². The van der Waals surface area contributed by atoms with E-state index in [1.807, 2.05) is 20.8 Å². The van der Waals surface area contributed by atoms with E-state index in [1.54, 1.807) is 48.7 Å². The molecule has 0 unspecified atom stereocenters. The highest BCUT2D eigenvalue weighted by Crippen LogP contribution is 2.24. The fourth-order valence-electron chi connectivity index (χ4n) is 4.26. The molecule has 4 rings (SSSR count). The molecule has 1 aliphatic heterocycles. The predicted octanol–water partition coefficient (Wildman–Crippen LogP) is 5.55. The first kappa shape index (κ1) is 27.3. The molecular formula is C29H37N5O4. The zero-order chi connectivity index (χ0) is 27.3. The third kappa shape index (κ3) is 7.41. The molecule has 0 spiro atoms. The molecule has 1 atom stereocenters. The number of carbonyl (C=O) groups is 2. The second-order valence-corrected chi connectivity index (χ2v) is 11.1. The Balaban J connectivity index is 1.23. The first-order chi connectivity index (χ1) is 18.1. The number of likely N-dealkylation sites (tertiary alicyclic amines) is 1. The highest BCUT2D eigenvalue weighted by molar-refractivity contribution is 5.99. The van der Waals surface area contributed by atoms with Crippen molar-refractivity contribution in [2.75, 3.05) is 30.3 Å². The van der Waals surface area contributed by atoms with Gasteiger partial charge in [-0.25, -0.2) is 9.78 Å². The van der Waals surface area contributed by atoms with E-state index in [0.717, 1.165) is 25.1 Å². The molecule has 2 N–H and O–H groups in total. The largest absolute Gasteiger partial charge is 0.492 e. The van der Waals surface area contributed by atoms with Crippen molar-refractivity contribution >= 4 is 23.3 Å². The second kappa shape index (κ2) is 11.8. The van der Waals surface area contributed by atoms with Crippen LogP contribution < -0.4 is 15.4 Å². The molecular weight excluding hydrogens is 482 g/mol. The second-order valence-electron chi connectivity index (χ2n) is 11.1. The van der Waals surface area contributed by atoms with E-state index in [-0.39, 0.29) is 17.6 Å². The number of pyridine rings is 1. The lowest BCUT2D eigenvalue weighted by Gasteiger charge is -2.20. The maximum atomic E-state index is 12.7. The number of benzene rings is 1. The molecule has 0 saturated carbocycles.